The standard InChI is InChI=1S/C15H21N3/c1-11-6-5-7-14(8-16)15(11)18-9-12(2)17(4)13(3)10-18/h5-7,12-13H,9-10H2,1-4H3. The maximum Gasteiger partial charge on any atom is 0.101 e. The van der Waals surface area contributed by atoms with Gasteiger partial charge < -0.3 is 4.90 Å². The summed E-state index contributed by atoms with van der Waals surface area (Å²) in [6.07, 6.45) is 0. The summed E-state index contributed by atoms with van der Waals surface area (Å²) < 4.78 is 0. The highest BCUT2D eigenvalue weighted by Gasteiger charge is 2.28. The summed E-state index contributed by atoms with van der Waals surface area (Å²) in [6.45, 7) is 8.55. The van der Waals surface area contributed by atoms with Crippen molar-refractivity contribution in [2.45, 2.75) is 32.9 Å². The summed E-state index contributed by atoms with van der Waals surface area (Å²) in [4.78, 5) is 4.77. The number of nitriles is 1. The number of hydrogen-bond acceptors (Lipinski definition) is 3. The van der Waals surface area contributed by atoms with Crippen LogP contribution in [-0.4, -0.2) is 37.1 Å². The first-order chi connectivity index (χ1) is 8.54. The van der Waals surface area contributed by atoms with Crippen LogP contribution >= 0.6 is 0 Å². The first kappa shape index (κ1) is 12.9. The fourth-order valence-electron chi connectivity index (χ4n) is 2.76. The smallest absolute Gasteiger partial charge is 0.101 e. The van der Waals surface area contributed by atoms with Gasteiger partial charge in [0.2, 0.25) is 0 Å². The van der Waals surface area contributed by atoms with Crippen LogP contribution in [0.15, 0.2) is 18.2 Å². The van der Waals surface area contributed by atoms with E-state index in [0.29, 0.717) is 12.1 Å². The molecule has 0 amide bonds. The highest BCUT2D eigenvalue weighted by Crippen LogP contribution is 2.28. The van der Waals surface area contributed by atoms with Crippen LogP contribution in [0.2, 0.25) is 0 Å². The molecule has 3 heteroatoms. The Labute approximate surface area is 110 Å². The summed E-state index contributed by atoms with van der Waals surface area (Å²) in [5.74, 6) is 0. The van der Waals surface area contributed by atoms with Crippen molar-refractivity contribution >= 4 is 5.69 Å². The van der Waals surface area contributed by atoms with Crippen LogP contribution in [0.3, 0.4) is 0 Å². The van der Waals surface area contributed by atoms with Gasteiger partial charge in [-0.15, -0.1) is 0 Å². The lowest BCUT2D eigenvalue weighted by Gasteiger charge is -2.44. The van der Waals surface area contributed by atoms with Crippen molar-refractivity contribution in [3.05, 3.63) is 29.3 Å². The van der Waals surface area contributed by atoms with Gasteiger partial charge in [-0.2, -0.15) is 5.26 Å². The number of anilines is 1. The maximum absolute atomic E-state index is 9.27. The summed E-state index contributed by atoms with van der Waals surface area (Å²) in [7, 11) is 2.18. The molecule has 3 nitrogen and oxygen atoms in total. The second-order valence-corrected chi connectivity index (χ2v) is 5.35. The van der Waals surface area contributed by atoms with E-state index in [1.807, 2.05) is 12.1 Å². The molecule has 2 atom stereocenters. The second kappa shape index (κ2) is 4.99. The van der Waals surface area contributed by atoms with Gasteiger partial charge in [-0.05, 0) is 39.4 Å². The molecule has 1 aromatic carbocycles. The number of likely N-dealkylation sites (N-methyl/N-ethyl adjacent to an activating group) is 1. The van der Waals surface area contributed by atoms with Crippen molar-refractivity contribution in [2.24, 2.45) is 0 Å². The van der Waals surface area contributed by atoms with Crippen molar-refractivity contribution in [1.29, 1.82) is 5.26 Å². The van der Waals surface area contributed by atoms with Crippen molar-refractivity contribution in [3.63, 3.8) is 0 Å². The van der Waals surface area contributed by atoms with Crippen LogP contribution in [0.5, 0.6) is 0 Å². The lowest BCUT2D eigenvalue weighted by atomic mass is 10.0. The van der Waals surface area contributed by atoms with E-state index < -0.39 is 0 Å². The molecule has 1 aliphatic heterocycles. The second-order valence-electron chi connectivity index (χ2n) is 5.35. The molecule has 1 fully saturated rings. The van der Waals surface area contributed by atoms with Gasteiger partial charge in [-0.1, -0.05) is 12.1 Å². The van der Waals surface area contributed by atoms with Crippen molar-refractivity contribution in [3.8, 4) is 6.07 Å². The fourth-order valence-corrected chi connectivity index (χ4v) is 2.76. The third-order valence-corrected chi connectivity index (χ3v) is 4.03. The van der Waals surface area contributed by atoms with Crippen LogP contribution in [0.25, 0.3) is 0 Å². The lowest BCUT2D eigenvalue weighted by molar-refractivity contribution is 0.170. The molecule has 0 N–H and O–H groups in total. The molecule has 2 unspecified atom stereocenters. The highest BCUT2D eigenvalue weighted by molar-refractivity contribution is 5.64. The van der Waals surface area contributed by atoms with Crippen LogP contribution in [0.4, 0.5) is 5.69 Å². The Morgan fingerprint density at radius 1 is 1.22 bits per heavy atom. The zero-order valence-electron chi connectivity index (χ0n) is 11.6. The minimum atomic E-state index is 0.514. The molecule has 0 spiro atoms. The molecule has 0 aliphatic carbocycles. The number of nitrogens with zero attached hydrogens (tertiary/aromatic N) is 3. The Hall–Kier alpha value is -1.53. The number of benzene rings is 1. The number of hydrogen-bond donors (Lipinski definition) is 0. The van der Waals surface area contributed by atoms with Gasteiger partial charge in [0.1, 0.15) is 6.07 Å². The van der Waals surface area contributed by atoms with E-state index in [1.165, 1.54) is 5.56 Å². The molecule has 96 valence electrons. The zero-order valence-corrected chi connectivity index (χ0v) is 11.6. The largest absolute Gasteiger partial charge is 0.367 e. The molecule has 0 radical (unpaired) electrons. The maximum atomic E-state index is 9.27. The molecular weight excluding hydrogens is 222 g/mol. The zero-order chi connectivity index (χ0) is 13.3. The molecule has 1 saturated heterocycles. The molecule has 2 rings (SSSR count). The molecule has 0 saturated carbocycles. The predicted molar refractivity (Wildman–Crippen MR) is 74.8 cm³/mol. The number of para-hydroxylation sites is 1. The van der Waals surface area contributed by atoms with E-state index in [1.54, 1.807) is 0 Å². The molecule has 0 aromatic heterocycles. The number of aryl methyl sites for hydroxylation is 1. The molecule has 1 aliphatic rings. The number of piperazine rings is 1. The Kier molecular flexibility index (Phi) is 3.58. The third kappa shape index (κ3) is 2.21. The van der Waals surface area contributed by atoms with Gasteiger partial charge in [0.25, 0.3) is 0 Å². The van der Waals surface area contributed by atoms with Gasteiger partial charge in [0, 0.05) is 25.2 Å². The SMILES string of the molecule is Cc1cccc(C#N)c1N1CC(C)N(C)C(C)C1. The lowest BCUT2D eigenvalue weighted by Crippen LogP contribution is -2.55. The topological polar surface area (TPSA) is 30.3 Å². The van der Waals surface area contributed by atoms with Crippen molar-refractivity contribution in [2.75, 3.05) is 25.0 Å². The van der Waals surface area contributed by atoms with Crippen LogP contribution in [0, 0.1) is 18.3 Å². The third-order valence-electron chi connectivity index (χ3n) is 4.03. The van der Waals surface area contributed by atoms with E-state index in [4.69, 9.17) is 0 Å². The minimum absolute atomic E-state index is 0.514. The van der Waals surface area contributed by atoms with E-state index >= 15 is 0 Å². The van der Waals surface area contributed by atoms with E-state index in [-0.39, 0.29) is 0 Å². The van der Waals surface area contributed by atoms with Gasteiger partial charge in [-0.25, -0.2) is 0 Å². The fraction of sp³-hybridized carbons (Fsp3) is 0.533. The summed E-state index contributed by atoms with van der Waals surface area (Å²) >= 11 is 0. The van der Waals surface area contributed by atoms with Crippen molar-refractivity contribution < 1.29 is 0 Å². The van der Waals surface area contributed by atoms with Gasteiger partial charge in [-0.3, -0.25) is 4.90 Å². The summed E-state index contributed by atoms with van der Waals surface area (Å²) in [5.41, 5.74) is 3.10. The molecule has 18 heavy (non-hydrogen) atoms. The first-order valence-electron chi connectivity index (χ1n) is 6.51. The van der Waals surface area contributed by atoms with Crippen molar-refractivity contribution in [1.82, 2.24) is 4.90 Å². The van der Waals surface area contributed by atoms with Gasteiger partial charge in [0.15, 0.2) is 0 Å². The predicted octanol–water partition coefficient (Wildman–Crippen LogP) is 2.40. The molecule has 0 bridgehead atoms. The average Bonchev–Trinajstić information content (AvgIpc) is 2.35. The highest BCUT2D eigenvalue weighted by atomic mass is 15.3. The summed E-state index contributed by atoms with van der Waals surface area (Å²) in [6, 6.07) is 9.31. The first-order valence-corrected chi connectivity index (χ1v) is 6.51. The molecule has 1 heterocycles. The monoisotopic (exact) mass is 243 g/mol. The minimum Gasteiger partial charge on any atom is -0.367 e. The Balaban J connectivity index is 2.36. The van der Waals surface area contributed by atoms with Crippen LogP contribution in [-0.2, 0) is 0 Å². The Bertz CT molecular complexity index is 463. The normalized spacial score (nSPS) is 24.9. The Morgan fingerprint density at radius 2 is 1.83 bits per heavy atom. The average molecular weight is 243 g/mol. The summed E-state index contributed by atoms with van der Waals surface area (Å²) in [5, 5.41) is 9.27. The van der Waals surface area contributed by atoms with Crippen LogP contribution in [0.1, 0.15) is 25.0 Å². The number of rotatable bonds is 1. The van der Waals surface area contributed by atoms with Crippen LogP contribution < -0.4 is 4.90 Å². The molecular formula is C15H21N3. The van der Waals surface area contributed by atoms with E-state index in [0.717, 1.165) is 24.3 Å². The Morgan fingerprint density at radius 3 is 2.39 bits per heavy atom. The van der Waals surface area contributed by atoms with Gasteiger partial charge >= 0.3 is 0 Å². The van der Waals surface area contributed by atoms with E-state index in [9.17, 15) is 5.26 Å². The van der Waals surface area contributed by atoms with Gasteiger partial charge in [0.05, 0.1) is 11.3 Å². The van der Waals surface area contributed by atoms with E-state index in [2.05, 4.69) is 49.8 Å². The molecule has 1 aromatic rings. The quantitative estimate of drug-likeness (QED) is 0.758.